The van der Waals surface area contributed by atoms with E-state index in [1.165, 1.54) is 0 Å². The van der Waals surface area contributed by atoms with Crippen LogP contribution in [0.25, 0.3) is 0 Å². The van der Waals surface area contributed by atoms with Crippen LogP contribution in [-0.4, -0.2) is 18.3 Å². The second-order valence-electron chi connectivity index (χ2n) is 5.14. The van der Waals surface area contributed by atoms with Crippen LogP contribution in [0.4, 0.5) is 18.9 Å². The van der Waals surface area contributed by atoms with Crippen LogP contribution in [0.2, 0.25) is 0 Å². The molecule has 1 amide bonds. The maximum atomic E-state index is 12.4. The van der Waals surface area contributed by atoms with Crippen LogP contribution >= 0.6 is 0 Å². The number of hydrogen-bond acceptors (Lipinski definition) is 3. The molecule has 0 saturated heterocycles. The number of hydrogen-bond donors (Lipinski definition) is 2. The summed E-state index contributed by atoms with van der Waals surface area (Å²) in [5.74, 6) is -0.357. The van der Waals surface area contributed by atoms with Gasteiger partial charge >= 0.3 is 6.18 Å². The molecule has 0 aliphatic carbocycles. The van der Waals surface area contributed by atoms with Crippen molar-refractivity contribution in [3.8, 4) is 0 Å². The Hall–Kier alpha value is -3.03. The minimum atomic E-state index is -4.42. The number of halogens is 3. The molecule has 132 valence electrons. The molecule has 0 radical (unpaired) electrons. The van der Waals surface area contributed by atoms with Gasteiger partial charge in [0, 0.05) is 12.1 Å². The van der Waals surface area contributed by atoms with Crippen molar-refractivity contribution in [1.29, 1.82) is 0 Å². The lowest BCUT2D eigenvalue weighted by molar-refractivity contribution is -0.137. The number of alkyl halides is 3. The summed E-state index contributed by atoms with van der Waals surface area (Å²) in [4.78, 5) is 16.5. The molecule has 0 fully saturated rings. The van der Waals surface area contributed by atoms with E-state index in [-0.39, 0.29) is 11.5 Å². The quantitative estimate of drug-likeness (QED) is 0.477. The van der Waals surface area contributed by atoms with Crippen molar-refractivity contribution in [2.75, 3.05) is 11.9 Å². The zero-order valence-corrected chi connectivity index (χ0v) is 13.1. The highest BCUT2D eigenvalue weighted by Crippen LogP contribution is 2.29. The Morgan fingerprint density at radius 3 is 2.32 bits per heavy atom. The predicted octanol–water partition coefficient (Wildman–Crippen LogP) is 3.18. The Kier molecular flexibility index (Phi) is 5.99. The van der Waals surface area contributed by atoms with Gasteiger partial charge in [-0.25, -0.2) is 0 Å². The van der Waals surface area contributed by atoms with Gasteiger partial charge in [-0.05, 0) is 29.8 Å². The average molecular weight is 351 g/mol. The van der Waals surface area contributed by atoms with E-state index in [1.807, 2.05) is 30.3 Å². The Balaban J connectivity index is 1.79. The summed E-state index contributed by atoms with van der Waals surface area (Å²) in [7, 11) is 0. The topological polar surface area (TPSA) is 76.7 Å². The first-order valence-corrected chi connectivity index (χ1v) is 7.30. The normalized spacial score (nSPS) is 11.9. The molecule has 3 N–H and O–H groups in total. The summed E-state index contributed by atoms with van der Waals surface area (Å²) in [5, 5.41) is 6.03. The van der Waals surface area contributed by atoms with Gasteiger partial charge in [0.25, 0.3) is 5.91 Å². The highest BCUT2D eigenvalue weighted by atomic mass is 19.4. The smallest absolute Gasteiger partial charge is 0.384 e. The van der Waals surface area contributed by atoms with E-state index in [1.54, 1.807) is 0 Å². The lowest BCUT2D eigenvalue weighted by Crippen LogP contribution is -2.20. The van der Waals surface area contributed by atoms with Crippen molar-refractivity contribution in [2.45, 2.75) is 12.6 Å². The van der Waals surface area contributed by atoms with Crippen molar-refractivity contribution in [1.82, 2.24) is 0 Å². The van der Waals surface area contributed by atoms with Gasteiger partial charge in [-0.3, -0.25) is 4.79 Å². The minimum absolute atomic E-state index is 0.202. The Bertz CT molecular complexity index is 729. The van der Waals surface area contributed by atoms with Crippen LogP contribution in [0.3, 0.4) is 0 Å². The summed E-state index contributed by atoms with van der Waals surface area (Å²) in [6, 6.07) is 13.4. The fourth-order valence-corrected chi connectivity index (χ4v) is 1.95. The van der Waals surface area contributed by atoms with Gasteiger partial charge in [-0.15, -0.1) is 0 Å². The molecule has 0 aromatic heterocycles. The zero-order chi connectivity index (χ0) is 18.3. The van der Waals surface area contributed by atoms with Gasteiger partial charge in [0.1, 0.15) is 5.84 Å². The first kappa shape index (κ1) is 18.3. The van der Waals surface area contributed by atoms with Crippen LogP contribution in [0.5, 0.6) is 0 Å². The van der Waals surface area contributed by atoms with E-state index in [4.69, 9.17) is 10.6 Å². The van der Waals surface area contributed by atoms with Gasteiger partial charge in [0.05, 0.1) is 5.56 Å². The van der Waals surface area contributed by atoms with Crippen molar-refractivity contribution >= 4 is 17.4 Å². The maximum absolute atomic E-state index is 12.4. The molecule has 5 nitrogen and oxygen atoms in total. The predicted molar refractivity (Wildman–Crippen MR) is 87.8 cm³/mol. The van der Waals surface area contributed by atoms with E-state index < -0.39 is 24.3 Å². The van der Waals surface area contributed by atoms with Crippen molar-refractivity contribution < 1.29 is 22.8 Å². The van der Waals surface area contributed by atoms with Gasteiger partial charge < -0.3 is 15.9 Å². The molecule has 2 rings (SSSR count). The number of carbonyl (C=O) groups excluding carboxylic acids is 1. The molecule has 0 spiro atoms. The molecule has 0 unspecified atom stereocenters. The van der Waals surface area contributed by atoms with Gasteiger partial charge in [0.2, 0.25) is 0 Å². The molecule has 0 bridgehead atoms. The average Bonchev–Trinajstić information content (AvgIpc) is 2.55. The summed E-state index contributed by atoms with van der Waals surface area (Å²) in [5.41, 5.74) is 6.07. The first-order chi connectivity index (χ1) is 11.8. The number of benzene rings is 2. The van der Waals surface area contributed by atoms with E-state index in [0.717, 1.165) is 29.8 Å². The van der Waals surface area contributed by atoms with Gasteiger partial charge in [0.15, 0.2) is 6.61 Å². The van der Waals surface area contributed by atoms with Crippen molar-refractivity contribution in [2.24, 2.45) is 10.9 Å². The highest BCUT2D eigenvalue weighted by molar-refractivity contribution is 5.91. The molecule has 8 heteroatoms. The Morgan fingerprint density at radius 1 is 1.08 bits per heavy atom. The number of nitrogens with one attached hydrogen (secondary N) is 1. The van der Waals surface area contributed by atoms with E-state index in [0.29, 0.717) is 6.42 Å². The summed E-state index contributed by atoms with van der Waals surface area (Å²) < 4.78 is 37.3. The third-order valence-electron chi connectivity index (χ3n) is 3.10. The fraction of sp³-hybridized carbons (Fsp3) is 0.176. The zero-order valence-electron chi connectivity index (χ0n) is 13.1. The van der Waals surface area contributed by atoms with E-state index in [2.05, 4.69) is 10.5 Å². The molecule has 0 aliphatic rings. The minimum Gasteiger partial charge on any atom is -0.384 e. The lowest BCUT2D eigenvalue weighted by atomic mass is 10.1. The Labute approximate surface area is 142 Å². The number of nitrogens with two attached hydrogens (primary N) is 1. The van der Waals surface area contributed by atoms with Gasteiger partial charge in [-0.2, -0.15) is 13.2 Å². The van der Waals surface area contributed by atoms with E-state index in [9.17, 15) is 18.0 Å². The molecule has 2 aromatic rings. The Morgan fingerprint density at radius 2 is 1.72 bits per heavy atom. The largest absolute Gasteiger partial charge is 0.416 e. The van der Waals surface area contributed by atoms with Crippen molar-refractivity contribution in [3.63, 3.8) is 0 Å². The molecular formula is C17H16F3N3O2. The molecule has 0 saturated carbocycles. The second kappa shape index (κ2) is 8.18. The number of rotatable bonds is 6. The van der Waals surface area contributed by atoms with Crippen LogP contribution in [0.1, 0.15) is 11.1 Å². The lowest BCUT2D eigenvalue weighted by Gasteiger charge is -2.08. The molecule has 0 heterocycles. The van der Waals surface area contributed by atoms with Crippen molar-refractivity contribution in [3.05, 3.63) is 65.7 Å². The molecule has 0 atom stereocenters. The molecule has 25 heavy (non-hydrogen) atoms. The van der Waals surface area contributed by atoms with Crippen LogP contribution in [0, 0.1) is 0 Å². The van der Waals surface area contributed by atoms with Gasteiger partial charge in [-0.1, -0.05) is 35.5 Å². The number of oxime groups is 1. The summed E-state index contributed by atoms with van der Waals surface area (Å²) in [6.45, 7) is -0.406. The van der Waals surface area contributed by atoms with E-state index >= 15 is 0 Å². The first-order valence-electron chi connectivity index (χ1n) is 7.30. The van der Waals surface area contributed by atoms with Crippen LogP contribution < -0.4 is 11.1 Å². The van der Waals surface area contributed by atoms with Crippen LogP contribution in [0.15, 0.2) is 59.8 Å². The summed E-state index contributed by atoms with van der Waals surface area (Å²) in [6.07, 6.45) is -4.04. The molecule has 2 aromatic carbocycles. The molecular weight excluding hydrogens is 335 g/mol. The third kappa shape index (κ3) is 6.17. The highest BCUT2D eigenvalue weighted by Gasteiger charge is 2.29. The summed E-state index contributed by atoms with van der Waals surface area (Å²) >= 11 is 0. The second-order valence-corrected chi connectivity index (χ2v) is 5.14. The number of carbonyl (C=O) groups is 1. The SMILES string of the molecule is N/C(Cc1ccccc1)=N\OCC(=O)Nc1ccc(C(F)(F)F)cc1. The number of nitrogens with zero attached hydrogens (tertiary/aromatic N) is 1. The fourth-order valence-electron chi connectivity index (χ4n) is 1.95. The number of amidine groups is 1. The number of anilines is 1. The van der Waals surface area contributed by atoms with Crippen LogP contribution in [-0.2, 0) is 22.2 Å². The number of amides is 1. The monoisotopic (exact) mass is 351 g/mol. The maximum Gasteiger partial charge on any atom is 0.416 e. The third-order valence-corrected chi connectivity index (χ3v) is 3.10. The standard InChI is InChI=1S/C17H16F3N3O2/c18-17(19,20)13-6-8-14(9-7-13)22-16(24)11-25-23-15(21)10-12-4-2-1-3-5-12/h1-9H,10-11H2,(H2,21,23)(H,22,24). The molecule has 0 aliphatic heterocycles.